The van der Waals surface area contributed by atoms with Crippen molar-refractivity contribution in [1.29, 1.82) is 0 Å². The molecule has 1 aliphatic carbocycles. The van der Waals surface area contributed by atoms with Gasteiger partial charge in [0.1, 0.15) is 0 Å². The number of nitrogens with zero attached hydrogens (tertiary/aromatic N) is 1. The van der Waals surface area contributed by atoms with E-state index in [1.165, 1.54) is 36.1 Å². The van der Waals surface area contributed by atoms with Crippen molar-refractivity contribution in [3.05, 3.63) is 21.9 Å². The van der Waals surface area contributed by atoms with Crippen LogP contribution >= 0.6 is 11.3 Å². The van der Waals surface area contributed by atoms with E-state index in [1.807, 2.05) is 0 Å². The van der Waals surface area contributed by atoms with Gasteiger partial charge in [-0.1, -0.05) is 19.8 Å². The van der Waals surface area contributed by atoms with Gasteiger partial charge in [0.2, 0.25) is 0 Å². The average molecular weight is 398 g/mol. The Balaban J connectivity index is 1.63. The fourth-order valence-electron chi connectivity index (χ4n) is 3.85. The van der Waals surface area contributed by atoms with Gasteiger partial charge in [0.15, 0.2) is 15.8 Å². The van der Waals surface area contributed by atoms with Crippen molar-refractivity contribution in [2.45, 2.75) is 58.5 Å². The minimum absolute atomic E-state index is 0.194. The van der Waals surface area contributed by atoms with E-state index in [0.29, 0.717) is 36.6 Å². The summed E-state index contributed by atoms with van der Waals surface area (Å²) >= 11 is 1.74. The zero-order valence-electron chi connectivity index (χ0n) is 15.8. The van der Waals surface area contributed by atoms with E-state index in [4.69, 9.17) is 4.99 Å². The van der Waals surface area contributed by atoms with Crippen molar-refractivity contribution in [3.63, 3.8) is 0 Å². The minimum atomic E-state index is -2.83. The Hall–Kier alpha value is -1.08. The lowest BCUT2D eigenvalue weighted by Crippen LogP contribution is -2.48. The Bertz CT molecular complexity index is 727. The Morgan fingerprint density at radius 2 is 2.12 bits per heavy atom. The number of rotatable bonds is 5. The topological polar surface area (TPSA) is 70.6 Å². The number of thiophene rings is 1. The predicted octanol–water partition coefficient (Wildman–Crippen LogP) is 3.11. The third kappa shape index (κ3) is 5.46. The monoisotopic (exact) mass is 397 g/mol. The second-order valence-electron chi connectivity index (χ2n) is 7.85. The molecule has 3 rings (SSSR count). The fraction of sp³-hybridized carbons (Fsp3) is 0.737. The lowest BCUT2D eigenvalue weighted by Gasteiger charge is -2.31. The molecular formula is C19H31N3O2S2. The number of sulfone groups is 1. The molecule has 0 bridgehead atoms. The highest BCUT2D eigenvalue weighted by atomic mass is 32.2. The third-order valence-electron chi connectivity index (χ3n) is 5.67. The molecular weight excluding hydrogens is 366 g/mol. The lowest BCUT2D eigenvalue weighted by atomic mass is 9.86. The van der Waals surface area contributed by atoms with Gasteiger partial charge in [0.25, 0.3) is 0 Å². The molecule has 1 aliphatic heterocycles. The van der Waals surface area contributed by atoms with Crippen LogP contribution in [-0.2, 0) is 16.4 Å². The molecule has 0 radical (unpaired) electrons. The van der Waals surface area contributed by atoms with Crippen LogP contribution in [0.4, 0.5) is 0 Å². The molecule has 2 N–H and O–H groups in total. The largest absolute Gasteiger partial charge is 0.356 e. The summed E-state index contributed by atoms with van der Waals surface area (Å²) in [6.45, 7) is 5.77. The van der Waals surface area contributed by atoms with E-state index in [-0.39, 0.29) is 5.92 Å². The van der Waals surface area contributed by atoms with Gasteiger partial charge >= 0.3 is 0 Å². The highest BCUT2D eigenvalue weighted by Crippen LogP contribution is 2.24. The second kappa shape index (κ2) is 8.74. The smallest absolute Gasteiger partial charge is 0.191 e. The molecule has 7 heteroatoms. The molecule has 2 fully saturated rings. The molecule has 3 unspecified atom stereocenters. The van der Waals surface area contributed by atoms with E-state index in [9.17, 15) is 8.42 Å². The summed E-state index contributed by atoms with van der Waals surface area (Å²) in [5, 5.41) is 9.16. The first kappa shape index (κ1) is 19.7. The standard InChI is InChI=1S/C19H31N3O2S2/c1-14-5-3-4-6-17(14)22-19(21-12-18-15(2)7-9-25-18)20-11-16-8-10-26(23,24)13-16/h7,9,14,16-17H,3-6,8,10-13H2,1-2H3,(H2,20,21,22). The summed E-state index contributed by atoms with van der Waals surface area (Å²) in [6.07, 6.45) is 5.77. The SMILES string of the molecule is Cc1ccsc1CN=C(NCC1CCS(=O)(=O)C1)NC1CCCCC1C. The average Bonchev–Trinajstić information content (AvgIpc) is 3.16. The third-order valence-corrected chi connectivity index (χ3v) is 8.51. The molecule has 2 aliphatic rings. The first-order valence-corrected chi connectivity index (χ1v) is 12.4. The normalized spacial score (nSPS) is 28.8. The molecule has 146 valence electrons. The van der Waals surface area contributed by atoms with Crippen LogP contribution in [-0.4, -0.2) is 38.5 Å². The van der Waals surface area contributed by atoms with E-state index < -0.39 is 9.84 Å². The first-order chi connectivity index (χ1) is 12.4. The van der Waals surface area contributed by atoms with Gasteiger partial charge in [-0.3, -0.25) is 0 Å². The van der Waals surface area contributed by atoms with E-state index in [0.717, 1.165) is 12.4 Å². The Morgan fingerprint density at radius 1 is 1.31 bits per heavy atom. The van der Waals surface area contributed by atoms with Crippen molar-refractivity contribution in [3.8, 4) is 0 Å². The van der Waals surface area contributed by atoms with Crippen molar-refractivity contribution in [2.75, 3.05) is 18.1 Å². The van der Waals surface area contributed by atoms with Gasteiger partial charge in [-0.25, -0.2) is 13.4 Å². The van der Waals surface area contributed by atoms with Crippen molar-refractivity contribution >= 4 is 27.1 Å². The van der Waals surface area contributed by atoms with Gasteiger partial charge in [-0.15, -0.1) is 11.3 Å². The Kier molecular flexibility index (Phi) is 6.61. The van der Waals surface area contributed by atoms with Gasteiger partial charge < -0.3 is 10.6 Å². The summed E-state index contributed by atoms with van der Waals surface area (Å²) in [6, 6.07) is 2.58. The van der Waals surface area contributed by atoms with Crippen LogP contribution in [0.1, 0.15) is 49.5 Å². The lowest BCUT2D eigenvalue weighted by molar-refractivity contribution is 0.306. The van der Waals surface area contributed by atoms with Crippen molar-refractivity contribution < 1.29 is 8.42 Å². The summed E-state index contributed by atoms with van der Waals surface area (Å²) in [5.41, 5.74) is 1.28. The van der Waals surface area contributed by atoms with Crippen LogP contribution in [0.2, 0.25) is 0 Å². The summed E-state index contributed by atoms with van der Waals surface area (Å²) in [7, 11) is -2.83. The molecule has 0 spiro atoms. The molecule has 0 amide bonds. The quantitative estimate of drug-likeness (QED) is 0.592. The zero-order chi connectivity index (χ0) is 18.6. The van der Waals surface area contributed by atoms with Crippen LogP contribution in [0.25, 0.3) is 0 Å². The Morgan fingerprint density at radius 3 is 2.77 bits per heavy atom. The maximum Gasteiger partial charge on any atom is 0.191 e. The van der Waals surface area contributed by atoms with Gasteiger partial charge in [-0.05, 0) is 55.0 Å². The van der Waals surface area contributed by atoms with E-state index >= 15 is 0 Å². The predicted molar refractivity (Wildman–Crippen MR) is 110 cm³/mol. The van der Waals surface area contributed by atoms with Gasteiger partial charge in [0.05, 0.1) is 18.1 Å². The number of hydrogen-bond acceptors (Lipinski definition) is 4. The van der Waals surface area contributed by atoms with Crippen LogP contribution < -0.4 is 10.6 Å². The summed E-state index contributed by atoms with van der Waals surface area (Å²) < 4.78 is 23.4. The second-order valence-corrected chi connectivity index (χ2v) is 11.1. The zero-order valence-corrected chi connectivity index (χ0v) is 17.5. The molecule has 1 aromatic rings. The number of guanidine groups is 1. The summed E-state index contributed by atoms with van der Waals surface area (Å²) in [5.74, 6) is 2.30. The Labute approximate surface area is 161 Å². The fourth-order valence-corrected chi connectivity index (χ4v) is 6.54. The minimum Gasteiger partial charge on any atom is -0.356 e. The summed E-state index contributed by atoms with van der Waals surface area (Å²) in [4.78, 5) is 6.09. The van der Waals surface area contributed by atoms with Crippen molar-refractivity contribution in [2.24, 2.45) is 16.8 Å². The number of aliphatic imine (C=N–C) groups is 1. The molecule has 0 aromatic carbocycles. The van der Waals surface area contributed by atoms with Gasteiger partial charge in [0, 0.05) is 17.5 Å². The maximum absolute atomic E-state index is 11.7. The van der Waals surface area contributed by atoms with Crippen LogP contribution in [0.5, 0.6) is 0 Å². The molecule has 5 nitrogen and oxygen atoms in total. The molecule has 1 aromatic heterocycles. The highest BCUT2D eigenvalue weighted by Gasteiger charge is 2.28. The maximum atomic E-state index is 11.7. The van der Waals surface area contributed by atoms with Crippen LogP contribution in [0, 0.1) is 18.8 Å². The van der Waals surface area contributed by atoms with E-state index in [2.05, 4.69) is 35.9 Å². The molecule has 2 heterocycles. The van der Waals surface area contributed by atoms with E-state index in [1.54, 1.807) is 11.3 Å². The van der Waals surface area contributed by atoms with Crippen LogP contribution in [0.15, 0.2) is 16.4 Å². The molecule has 1 saturated heterocycles. The number of hydrogen-bond donors (Lipinski definition) is 2. The molecule has 3 atom stereocenters. The number of nitrogens with one attached hydrogen (secondary N) is 2. The first-order valence-electron chi connectivity index (χ1n) is 9.71. The molecule has 1 saturated carbocycles. The highest BCUT2D eigenvalue weighted by molar-refractivity contribution is 7.91. The molecule has 26 heavy (non-hydrogen) atoms. The van der Waals surface area contributed by atoms with Crippen LogP contribution in [0.3, 0.4) is 0 Å². The van der Waals surface area contributed by atoms with Crippen molar-refractivity contribution in [1.82, 2.24) is 10.6 Å². The van der Waals surface area contributed by atoms with Gasteiger partial charge in [-0.2, -0.15) is 0 Å². The number of aryl methyl sites for hydroxylation is 1.